The van der Waals surface area contributed by atoms with Crippen LogP contribution in [0.1, 0.15) is 25.3 Å². The van der Waals surface area contributed by atoms with E-state index in [-0.39, 0.29) is 11.5 Å². The number of benzene rings is 1. The molecule has 0 bridgehead atoms. The van der Waals surface area contributed by atoms with Gasteiger partial charge in [0.1, 0.15) is 11.4 Å². The molecule has 152 valence electrons. The molecule has 3 aliphatic heterocycles. The quantitative estimate of drug-likeness (QED) is 0.670. The average Bonchev–Trinajstić information content (AvgIpc) is 3.23. The zero-order valence-corrected chi connectivity index (χ0v) is 16.8. The SMILES string of the molecule is CC[C@]12C=CCN3CC[C@@]4(c5ccc(OC)cc5N(C)[C@H]4[C@@](O)(CO)[C@@H]1O)[C@@H]32. The van der Waals surface area contributed by atoms with E-state index in [1.165, 1.54) is 5.56 Å². The zero-order chi connectivity index (χ0) is 19.9. The number of methoxy groups -OCH3 is 1. The van der Waals surface area contributed by atoms with Crippen molar-refractivity contribution in [3.8, 4) is 5.75 Å². The van der Waals surface area contributed by atoms with Crippen molar-refractivity contribution in [2.45, 2.75) is 49.0 Å². The van der Waals surface area contributed by atoms with Crippen LogP contribution in [0.2, 0.25) is 0 Å². The highest BCUT2D eigenvalue weighted by molar-refractivity contribution is 5.70. The number of aliphatic hydroxyl groups excluding tert-OH is 2. The van der Waals surface area contributed by atoms with E-state index < -0.39 is 29.8 Å². The summed E-state index contributed by atoms with van der Waals surface area (Å²) in [7, 11) is 3.62. The molecule has 0 unspecified atom stereocenters. The molecule has 3 N–H and O–H groups in total. The summed E-state index contributed by atoms with van der Waals surface area (Å²) < 4.78 is 5.46. The van der Waals surface area contributed by atoms with Gasteiger partial charge >= 0.3 is 0 Å². The predicted molar refractivity (Wildman–Crippen MR) is 107 cm³/mol. The van der Waals surface area contributed by atoms with Crippen LogP contribution in [0, 0.1) is 5.41 Å². The minimum absolute atomic E-state index is 0.0823. The fourth-order valence-corrected chi connectivity index (χ4v) is 7.27. The van der Waals surface area contributed by atoms with Gasteiger partial charge in [-0.2, -0.15) is 0 Å². The molecule has 1 saturated carbocycles. The Morgan fingerprint density at radius 1 is 1.29 bits per heavy atom. The molecular weight excluding hydrogens is 356 g/mol. The summed E-state index contributed by atoms with van der Waals surface area (Å²) in [5.41, 5.74) is -0.351. The van der Waals surface area contributed by atoms with Gasteiger partial charge in [0.15, 0.2) is 0 Å². The van der Waals surface area contributed by atoms with Crippen molar-refractivity contribution in [2.24, 2.45) is 5.41 Å². The first kappa shape index (κ1) is 18.4. The lowest BCUT2D eigenvalue weighted by Crippen LogP contribution is -2.79. The molecular formula is C22H30N2O4. The Labute approximate surface area is 166 Å². The highest BCUT2D eigenvalue weighted by Crippen LogP contribution is 2.66. The smallest absolute Gasteiger partial charge is 0.135 e. The number of fused-ring (bicyclic) bond motifs is 1. The van der Waals surface area contributed by atoms with Crippen LogP contribution in [-0.4, -0.2) is 77.9 Å². The highest BCUT2D eigenvalue weighted by Gasteiger charge is 2.76. The Morgan fingerprint density at radius 2 is 2.07 bits per heavy atom. The number of rotatable bonds is 3. The van der Waals surface area contributed by atoms with Crippen LogP contribution in [-0.2, 0) is 5.41 Å². The van der Waals surface area contributed by atoms with E-state index in [0.717, 1.165) is 30.9 Å². The van der Waals surface area contributed by atoms with Crippen LogP contribution in [0.3, 0.4) is 0 Å². The van der Waals surface area contributed by atoms with E-state index in [9.17, 15) is 15.3 Å². The Kier molecular flexibility index (Phi) is 3.77. The third kappa shape index (κ3) is 1.79. The van der Waals surface area contributed by atoms with Crippen LogP contribution < -0.4 is 9.64 Å². The lowest BCUT2D eigenvalue weighted by molar-refractivity contribution is -0.213. The van der Waals surface area contributed by atoms with Gasteiger partial charge in [-0.3, -0.25) is 4.90 Å². The van der Waals surface area contributed by atoms with E-state index in [2.05, 4.69) is 34.9 Å². The minimum Gasteiger partial charge on any atom is -0.497 e. The molecule has 0 radical (unpaired) electrons. The van der Waals surface area contributed by atoms with Gasteiger partial charge in [-0.15, -0.1) is 0 Å². The number of nitrogens with zero attached hydrogens (tertiary/aromatic N) is 2. The number of ether oxygens (including phenoxy) is 1. The van der Waals surface area contributed by atoms with Gasteiger partial charge in [-0.05, 0) is 31.0 Å². The molecule has 1 spiro atoms. The van der Waals surface area contributed by atoms with Gasteiger partial charge in [0.25, 0.3) is 0 Å². The molecule has 1 aromatic rings. The van der Waals surface area contributed by atoms with Crippen molar-refractivity contribution in [1.29, 1.82) is 0 Å². The summed E-state index contributed by atoms with van der Waals surface area (Å²) in [6.07, 6.45) is 4.79. The largest absolute Gasteiger partial charge is 0.497 e. The molecule has 1 aliphatic carbocycles. The second-order valence-corrected chi connectivity index (χ2v) is 9.00. The Morgan fingerprint density at radius 3 is 2.75 bits per heavy atom. The molecule has 6 heteroatoms. The maximum absolute atomic E-state index is 11.8. The van der Waals surface area contributed by atoms with Gasteiger partial charge < -0.3 is 25.0 Å². The maximum Gasteiger partial charge on any atom is 0.135 e. The number of anilines is 1. The summed E-state index contributed by atoms with van der Waals surface area (Å²) in [4.78, 5) is 4.53. The van der Waals surface area contributed by atoms with Crippen molar-refractivity contribution >= 4 is 5.69 Å². The Bertz CT molecular complexity index is 844. The molecule has 28 heavy (non-hydrogen) atoms. The molecule has 1 saturated heterocycles. The summed E-state index contributed by atoms with van der Waals surface area (Å²) in [6.45, 7) is 3.38. The van der Waals surface area contributed by atoms with Gasteiger partial charge in [-0.1, -0.05) is 25.1 Å². The monoisotopic (exact) mass is 386 g/mol. The van der Waals surface area contributed by atoms with E-state index in [0.29, 0.717) is 6.42 Å². The summed E-state index contributed by atoms with van der Waals surface area (Å²) in [6, 6.07) is 5.81. The van der Waals surface area contributed by atoms with Crippen molar-refractivity contribution in [3.05, 3.63) is 35.9 Å². The molecule has 5 rings (SSSR count). The molecule has 6 atom stereocenters. The van der Waals surface area contributed by atoms with Crippen LogP contribution in [0.25, 0.3) is 0 Å². The molecule has 2 fully saturated rings. The lowest BCUT2D eigenvalue weighted by atomic mass is 9.48. The molecule has 0 amide bonds. The molecule has 6 nitrogen and oxygen atoms in total. The summed E-state index contributed by atoms with van der Waals surface area (Å²) >= 11 is 0. The zero-order valence-electron chi connectivity index (χ0n) is 16.8. The van der Waals surface area contributed by atoms with Crippen molar-refractivity contribution < 1.29 is 20.1 Å². The number of hydrogen-bond donors (Lipinski definition) is 3. The van der Waals surface area contributed by atoms with Gasteiger partial charge in [0, 0.05) is 42.2 Å². The number of likely N-dealkylation sites (N-methyl/N-ethyl adjacent to an activating group) is 1. The summed E-state index contributed by atoms with van der Waals surface area (Å²) in [5, 5.41) is 33.7. The predicted octanol–water partition coefficient (Wildman–Crippen LogP) is 0.890. The van der Waals surface area contributed by atoms with Crippen molar-refractivity contribution in [1.82, 2.24) is 4.90 Å². The average molecular weight is 386 g/mol. The van der Waals surface area contributed by atoms with Crippen LogP contribution in [0.5, 0.6) is 5.75 Å². The first-order chi connectivity index (χ1) is 13.4. The van der Waals surface area contributed by atoms with E-state index in [1.54, 1.807) is 7.11 Å². The van der Waals surface area contributed by atoms with E-state index in [1.807, 2.05) is 19.2 Å². The Balaban J connectivity index is 1.83. The minimum atomic E-state index is -1.62. The van der Waals surface area contributed by atoms with E-state index >= 15 is 0 Å². The van der Waals surface area contributed by atoms with E-state index in [4.69, 9.17) is 4.74 Å². The van der Waals surface area contributed by atoms with Crippen molar-refractivity contribution in [2.75, 3.05) is 38.8 Å². The molecule has 4 aliphatic rings. The molecule has 1 aromatic carbocycles. The fraction of sp³-hybridized carbons (Fsp3) is 0.636. The van der Waals surface area contributed by atoms with Gasteiger partial charge in [0.2, 0.25) is 0 Å². The second-order valence-electron chi connectivity index (χ2n) is 9.00. The maximum atomic E-state index is 11.8. The van der Waals surface area contributed by atoms with Crippen LogP contribution in [0.15, 0.2) is 30.4 Å². The lowest BCUT2D eigenvalue weighted by Gasteiger charge is -2.63. The van der Waals surface area contributed by atoms with Crippen molar-refractivity contribution in [3.63, 3.8) is 0 Å². The van der Waals surface area contributed by atoms with Gasteiger partial charge in [0.05, 0.1) is 25.9 Å². The first-order valence-electron chi connectivity index (χ1n) is 10.2. The van der Waals surface area contributed by atoms with Crippen LogP contribution >= 0.6 is 0 Å². The normalized spacial score (nSPS) is 43.6. The fourth-order valence-electron chi connectivity index (χ4n) is 7.27. The van der Waals surface area contributed by atoms with Gasteiger partial charge in [-0.25, -0.2) is 0 Å². The summed E-state index contributed by atoms with van der Waals surface area (Å²) in [5.74, 6) is 0.772. The Hall–Kier alpha value is -1.60. The molecule has 0 aromatic heterocycles. The highest BCUT2D eigenvalue weighted by atomic mass is 16.5. The number of aliphatic hydroxyl groups is 3. The second kappa shape index (κ2) is 5.72. The first-order valence-corrected chi connectivity index (χ1v) is 10.2. The third-order valence-corrected chi connectivity index (χ3v) is 8.23. The van der Waals surface area contributed by atoms with Crippen LogP contribution in [0.4, 0.5) is 5.69 Å². The third-order valence-electron chi connectivity index (χ3n) is 8.23. The topological polar surface area (TPSA) is 76.4 Å². The standard InChI is InChI=1S/C22H30N2O4/c1-4-20-8-5-10-24-11-9-21(17(20)24)15-7-6-14(28-3)12-16(15)23(2)18(21)22(27,13-25)19(20)26/h5-8,12,17-19,25-27H,4,9-11,13H2,1-3H3/t17-,18+,19+,20+,21+,22-/m0/s1. The number of hydrogen-bond acceptors (Lipinski definition) is 6. The molecule has 3 heterocycles.